The highest BCUT2D eigenvalue weighted by Crippen LogP contribution is 2.42. The Kier molecular flexibility index (Phi) is 6.41. The molecule has 5 nitrogen and oxygen atoms in total. The van der Waals surface area contributed by atoms with Gasteiger partial charge < -0.3 is 5.32 Å². The van der Waals surface area contributed by atoms with E-state index in [1.165, 1.54) is 12.1 Å². The van der Waals surface area contributed by atoms with Crippen LogP contribution in [0.1, 0.15) is 47.2 Å². The second kappa shape index (κ2) is 9.08. The van der Waals surface area contributed by atoms with Crippen molar-refractivity contribution in [3.63, 3.8) is 0 Å². The Morgan fingerprint density at radius 2 is 1.06 bits per heavy atom. The Morgan fingerprint density at radius 3 is 1.42 bits per heavy atom. The third-order valence-corrected chi connectivity index (χ3v) is 6.89. The maximum absolute atomic E-state index is 14.1. The summed E-state index contributed by atoms with van der Waals surface area (Å²) in [5.74, 6) is -0.941. The van der Waals surface area contributed by atoms with Gasteiger partial charge in [-0.15, -0.1) is 0 Å². The summed E-state index contributed by atoms with van der Waals surface area (Å²) in [7, 11) is 0. The second-order valence-electron chi connectivity index (χ2n) is 10.5. The first-order chi connectivity index (χ1) is 16.8. The standard InChI is InChI=1S/C30H34FN3O2/c1-17-13-19(3)25(20(4)14-17)33-27(35)30(7,8)28(36)34(26-21(5)15-18(2)16-22(26)6)29(33)32-24-11-9-23(31)10-12-24/h9-16,29,32H,1-8H3. The first-order valence-corrected chi connectivity index (χ1v) is 12.2. The zero-order chi connectivity index (χ0) is 26.5. The minimum atomic E-state index is -1.30. The number of amides is 2. The average Bonchev–Trinajstić information content (AvgIpc) is 2.77. The van der Waals surface area contributed by atoms with Crippen LogP contribution in [0.5, 0.6) is 0 Å². The molecular weight excluding hydrogens is 453 g/mol. The molecular formula is C30H34FN3O2. The predicted octanol–water partition coefficient (Wildman–Crippen LogP) is 6.48. The van der Waals surface area contributed by atoms with Gasteiger partial charge in [0.05, 0.1) is 11.4 Å². The molecule has 0 bridgehead atoms. The molecule has 0 saturated carbocycles. The molecule has 1 fully saturated rings. The molecule has 0 atom stereocenters. The summed E-state index contributed by atoms with van der Waals surface area (Å²) in [6.07, 6.45) is -0.858. The van der Waals surface area contributed by atoms with Crippen LogP contribution in [-0.4, -0.2) is 18.1 Å². The molecule has 0 aliphatic carbocycles. The van der Waals surface area contributed by atoms with Gasteiger partial charge in [-0.05, 0) is 102 Å². The molecule has 1 heterocycles. The number of carbonyl (C=O) groups is 2. The molecule has 36 heavy (non-hydrogen) atoms. The lowest BCUT2D eigenvalue weighted by atomic mass is 9.85. The van der Waals surface area contributed by atoms with Crippen LogP contribution in [-0.2, 0) is 9.59 Å². The van der Waals surface area contributed by atoms with Crippen LogP contribution < -0.4 is 15.1 Å². The van der Waals surface area contributed by atoms with Crippen molar-refractivity contribution in [3.05, 3.63) is 87.7 Å². The van der Waals surface area contributed by atoms with Crippen LogP contribution >= 0.6 is 0 Å². The third kappa shape index (κ3) is 4.25. The maximum Gasteiger partial charge on any atom is 0.245 e. The van der Waals surface area contributed by atoms with Crippen molar-refractivity contribution in [3.8, 4) is 0 Å². The summed E-state index contributed by atoms with van der Waals surface area (Å²) in [4.78, 5) is 31.6. The van der Waals surface area contributed by atoms with Gasteiger partial charge in [-0.25, -0.2) is 4.39 Å². The first-order valence-electron chi connectivity index (χ1n) is 12.2. The minimum Gasteiger partial charge on any atom is -0.347 e. The highest BCUT2D eigenvalue weighted by atomic mass is 19.1. The minimum absolute atomic E-state index is 0.291. The Hall–Kier alpha value is -3.67. The van der Waals surface area contributed by atoms with Crippen molar-refractivity contribution in [1.82, 2.24) is 0 Å². The SMILES string of the molecule is Cc1cc(C)c(N2C(=O)C(C)(C)C(=O)N(c3c(C)cc(C)cc3C)C2Nc2ccc(F)cc2)c(C)c1. The van der Waals surface area contributed by atoms with Crippen molar-refractivity contribution >= 4 is 28.9 Å². The molecule has 1 aliphatic heterocycles. The normalized spacial score (nSPS) is 16.0. The molecule has 1 aliphatic rings. The molecule has 0 radical (unpaired) electrons. The number of benzene rings is 3. The number of aryl methyl sites for hydroxylation is 6. The number of nitrogens with zero attached hydrogens (tertiary/aromatic N) is 2. The first kappa shape index (κ1) is 25.4. The fraction of sp³-hybridized carbons (Fsp3) is 0.333. The van der Waals surface area contributed by atoms with Crippen LogP contribution in [0, 0.1) is 52.8 Å². The van der Waals surface area contributed by atoms with Crippen LogP contribution in [0.2, 0.25) is 0 Å². The Morgan fingerprint density at radius 1 is 0.694 bits per heavy atom. The quantitative estimate of drug-likeness (QED) is 0.429. The second-order valence-corrected chi connectivity index (χ2v) is 10.5. The molecule has 188 valence electrons. The molecule has 1 N–H and O–H groups in total. The summed E-state index contributed by atoms with van der Waals surface area (Å²) in [6, 6.07) is 14.1. The number of anilines is 3. The van der Waals surface area contributed by atoms with Crippen molar-refractivity contribution in [2.75, 3.05) is 15.1 Å². The van der Waals surface area contributed by atoms with Gasteiger partial charge in [0.15, 0.2) is 6.29 Å². The van der Waals surface area contributed by atoms with Gasteiger partial charge in [-0.1, -0.05) is 35.4 Å². The lowest BCUT2D eigenvalue weighted by Crippen LogP contribution is -2.69. The van der Waals surface area contributed by atoms with Crippen molar-refractivity contribution in [2.45, 2.75) is 61.7 Å². The number of rotatable bonds is 4. The van der Waals surface area contributed by atoms with E-state index in [2.05, 4.69) is 5.32 Å². The molecule has 0 spiro atoms. The maximum atomic E-state index is 14.1. The van der Waals surface area contributed by atoms with E-state index in [4.69, 9.17) is 0 Å². The highest BCUT2D eigenvalue weighted by Gasteiger charge is 2.53. The van der Waals surface area contributed by atoms with Gasteiger partial charge in [0.25, 0.3) is 0 Å². The van der Waals surface area contributed by atoms with Gasteiger partial charge in [0.1, 0.15) is 11.2 Å². The lowest BCUT2D eigenvalue weighted by Gasteiger charge is -2.50. The zero-order valence-electron chi connectivity index (χ0n) is 22.3. The fourth-order valence-electron chi connectivity index (χ4n) is 5.41. The number of carbonyl (C=O) groups excluding carboxylic acids is 2. The summed E-state index contributed by atoms with van der Waals surface area (Å²) in [5.41, 5.74) is 6.77. The van der Waals surface area contributed by atoms with E-state index >= 15 is 0 Å². The Balaban J connectivity index is 2.02. The molecule has 3 aromatic carbocycles. The van der Waals surface area contributed by atoms with Crippen molar-refractivity contribution in [1.29, 1.82) is 0 Å². The predicted molar refractivity (Wildman–Crippen MR) is 144 cm³/mol. The number of hydrogen-bond acceptors (Lipinski definition) is 3. The van der Waals surface area contributed by atoms with E-state index in [-0.39, 0.29) is 17.6 Å². The largest absolute Gasteiger partial charge is 0.347 e. The molecule has 6 heteroatoms. The molecule has 4 rings (SSSR count). The lowest BCUT2D eigenvalue weighted by molar-refractivity contribution is -0.141. The van der Waals surface area contributed by atoms with Gasteiger partial charge in [0, 0.05) is 5.69 Å². The monoisotopic (exact) mass is 487 g/mol. The molecule has 0 aromatic heterocycles. The van der Waals surface area contributed by atoms with Crippen molar-refractivity contribution in [2.24, 2.45) is 5.41 Å². The van der Waals surface area contributed by atoms with Crippen molar-refractivity contribution < 1.29 is 14.0 Å². The Labute approximate surface area is 212 Å². The summed E-state index contributed by atoms with van der Waals surface area (Å²) >= 11 is 0. The molecule has 1 saturated heterocycles. The van der Waals surface area contributed by atoms with Gasteiger partial charge in [-0.3, -0.25) is 19.4 Å². The van der Waals surface area contributed by atoms with E-state index in [0.717, 1.165) is 44.8 Å². The van der Waals surface area contributed by atoms with E-state index in [9.17, 15) is 14.0 Å². The van der Waals surface area contributed by atoms with Crippen LogP contribution in [0.3, 0.4) is 0 Å². The van der Waals surface area contributed by atoms with E-state index in [1.54, 1.807) is 35.8 Å². The third-order valence-electron chi connectivity index (χ3n) is 6.89. The van der Waals surface area contributed by atoms with E-state index in [0.29, 0.717) is 5.69 Å². The molecule has 2 amide bonds. The van der Waals surface area contributed by atoms with Gasteiger partial charge in [0.2, 0.25) is 11.8 Å². The van der Waals surface area contributed by atoms with Crippen LogP contribution in [0.4, 0.5) is 21.5 Å². The highest BCUT2D eigenvalue weighted by molar-refractivity contribution is 6.20. The molecule has 0 unspecified atom stereocenters. The van der Waals surface area contributed by atoms with Gasteiger partial charge in [-0.2, -0.15) is 0 Å². The summed E-state index contributed by atoms with van der Waals surface area (Å²) < 4.78 is 13.7. The Bertz CT molecular complexity index is 1240. The summed E-state index contributed by atoms with van der Waals surface area (Å²) in [5, 5.41) is 3.39. The topological polar surface area (TPSA) is 52.7 Å². The fourth-order valence-corrected chi connectivity index (χ4v) is 5.41. The number of halogens is 1. The van der Waals surface area contributed by atoms with Crippen LogP contribution in [0.15, 0.2) is 48.5 Å². The van der Waals surface area contributed by atoms with E-state index < -0.39 is 11.7 Å². The van der Waals surface area contributed by atoms with E-state index in [1.807, 2.05) is 65.8 Å². The smallest absolute Gasteiger partial charge is 0.245 e. The molecule has 3 aromatic rings. The number of nitrogens with one attached hydrogen (secondary N) is 1. The average molecular weight is 488 g/mol. The summed E-state index contributed by atoms with van der Waals surface area (Å²) in [6.45, 7) is 15.3. The number of hydrogen-bond donors (Lipinski definition) is 1. The van der Waals surface area contributed by atoms with Crippen LogP contribution in [0.25, 0.3) is 0 Å². The van der Waals surface area contributed by atoms with Gasteiger partial charge >= 0.3 is 0 Å². The zero-order valence-corrected chi connectivity index (χ0v) is 22.3.